The molecule has 0 aliphatic carbocycles. The fourth-order valence-electron chi connectivity index (χ4n) is 2.60. The van der Waals surface area contributed by atoms with E-state index in [9.17, 15) is 13.2 Å². The van der Waals surface area contributed by atoms with Crippen molar-refractivity contribution in [3.8, 4) is 0 Å². The maximum absolute atomic E-state index is 12.7. The Morgan fingerprint density at radius 1 is 1.07 bits per heavy atom. The van der Waals surface area contributed by atoms with Crippen LogP contribution in [0.1, 0.15) is 21.7 Å². The van der Waals surface area contributed by atoms with Crippen LogP contribution in [0.5, 0.6) is 0 Å². The summed E-state index contributed by atoms with van der Waals surface area (Å²) in [5.41, 5.74) is 1.48. The van der Waals surface area contributed by atoms with E-state index in [0.29, 0.717) is 23.6 Å². The molecule has 0 saturated carbocycles. The number of sulfonamides is 1. The lowest BCUT2D eigenvalue weighted by molar-refractivity contribution is 0.0775. The van der Waals surface area contributed by atoms with E-state index in [4.69, 9.17) is 4.42 Å². The van der Waals surface area contributed by atoms with Gasteiger partial charge >= 0.3 is 0 Å². The van der Waals surface area contributed by atoms with E-state index < -0.39 is 10.0 Å². The third kappa shape index (κ3) is 4.38. The lowest BCUT2D eigenvalue weighted by atomic mass is 10.1. The summed E-state index contributed by atoms with van der Waals surface area (Å²) in [7, 11) is -2.06. The van der Waals surface area contributed by atoms with E-state index in [2.05, 4.69) is 4.72 Å². The molecule has 140 valence electrons. The molecule has 1 heterocycles. The van der Waals surface area contributed by atoms with Gasteiger partial charge in [-0.25, -0.2) is 8.42 Å². The number of hydrogen-bond donors (Lipinski definition) is 1. The minimum Gasteiger partial charge on any atom is -0.467 e. The van der Waals surface area contributed by atoms with E-state index in [1.165, 1.54) is 17.0 Å². The van der Waals surface area contributed by atoms with Crippen molar-refractivity contribution in [2.75, 3.05) is 11.8 Å². The number of carbonyl (C=O) groups is 1. The second kappa shape index (κ2) is 7.67. The van der Waals surface area contributed by atoms with E-state index >= 15 is 0 Å². The first-order valence-electron chi connectivity index (χ1n) is 8.33. The molecule has 0 saturated heterocycles. The Bertz CT molecular complexity index is 1030. The molecule has 0 atom stereocenters. The van der Waals surface area contributed by atoms with E-state index in [0.717, 1.165) is 5.56 Å². The van der Waals surface area contributed by atoms with Crippen LogP contribution in [0.3, 0.4) is 0 Å². The Hall–Kier alpha value is -3.06. The monoisotopic (exact) mass is 384 g/mol. The van der Waals surface area contributed by atoms with Gasteiger partial charge in [0, 0.05) is 12.6 Å². The number of carbonyl (C=O) groups excluding carboxylic acids is 1. The maximum Gasteiger partial charge on any atom is 0.261 e. The van der Waals surface area contributed by atoms with Crippen molar-refractivity contribution in [2.24, 2.45) is 0 Å². The molecular formula is C20H20N2O4S. The molecular weight excluding hydrogens is 364 g/mol. The number of aryl methyl sites for hydroxylation is 1. The second-order valence-corrected chi connectivity index (χ2v) is 7.87. The number of hydrogen-bond acceptors (Lipinski definition) is 4. The Kier molecular flexibility index (Phi) is 5.32. The molecule has 0 aliphatic heterocycles. The molecule has 2 aromatic carbocycles. The molecule has 0 spiro atoms. The SMILES string of the molecule is Cc1ccc(C(=O)N(C)Cc2ccco2)cc1NS(=O)(=O)c1ccccc1. The number of amides is 1. The summed E-state index contributed by atoms with van der Waals surface area (Å²) in [5.74, 6) is 0.439. The van der Waals surface area contributed by atoms with Gasteiger partial charge in [0.05, 0.1) is 23.4 Å². The average molecular weight is 384 g/mol. The minimum absolute atomic E-state index is 0.163. The van der Waals surface area contributed by atoms with Crippen LogP contribution in [-0.4, -0.2) is 26.3 Å². The fourth-order valence-corrected chi connectivity index (χ4v) is 3.74. The summed E-state index contributed by atoms with van der Waals surface area (Å²) >= 11 is 0. The zero-order valence-electron chi connectivity index (χ0n) is 15.0. The van der Waals surface area contributed by atoms with Gasteiger partial charge in [-0.15, -0.1) is 0 Å². The third-order valence-corrected chi connectivity index (χ3v) is 5.48. The van der Waals surface area contributed by atoms with E-state index in [-0.39, 0.29) is 10.8 Å². The zero-order valence-corrected chi connectivity index (χ0v) is 15.9. The minimum atomic E-state index is -3.73. The highest BCUT2D eigenvalue weighted by Crippen LogP contribution is 2.22. The van der Waals surface area contributed by atoms with Gasteiger partial charge in [-0.1, -0.05) is 24.3 Å². The molecule has 0 fully saturated rings. The Balaban J connectivity index is 1.83. The van der Waals surface area contributed by atoms with Crippen molar-refractivity contribution in [3.63, 3.8) is 0 Å². The summed E-state index contributed by atoms with van der Waals surface area (Å²) in [6, 6.07) is 16.6. The van der Waals surface area contributed by atoms with Crippen LogP contribution >= 0.6 is 0 Å². The van der Waals surface area contributed by atoms with Crippen molar-refractivity contribution in [3.05, 3.63) is 83.8 Å². The van der Waals surface area contributed by atoms with Crippen LogP contribution in [0.2, 0.25) is 0 Å². The Labute approximate surface area is 158 Å². The van der Waals surface area contributed by atoms with Gasteiger partial charge in [-0.3, -0.25) is 9.52 Å². The molecule has 6 nitrogen and oxygen atoms in total. The molecule has 0 aliphatic rings. The molecule has 0 unspecified atom stereocenters. The molecule has 3 aromatic rings. The molecule has 0 bridgehead atoms. The van der Waals surface area contributed by atoms with Gasteiger partial charge in [0.2, 0.25) is 0 Å². The predicted octanol–water partition coefficient (Wildman–Crippen LogP) is 3.66. The summed E-state index contributed by atoms with van der Waals surface area (Å²) in [4.78, 5) is 14.4. The highest BCUT2D eigenvalue weighted by Gasteiger charge is 2.18. The lowest BCUT2D eigenvalue weighted by Gasteiger charge is -2.17. The summed E-state index contributed by atoms with van der Waals surface area (Å²) < 4.78 is 33.0. The van der Waals surface area contributed by atoms with E-state index in [1.807, 2.05) is 0 Å². The number of anilines is 1. The van der Waals surface area contributed by atoms with Crippen molar-refractivity contribution in [1.29, 1.82) is 0 Å². The van der Waals surface area contributed by atoms with Crippen molar-refractivity contribution >= 4 is 21.6 Å². The second-order valence-electron chi connectivity index (χ2n) is 6.19. The number of nitrogens with zero attached hydrogens (tertiary/aromatic N) is 1. The molecule has 0 radical (unpaired) electrons. The summed E-state index contributed by atoms with van der Waals surface area (Å²) in [5, 5.41) is 0. The standard InChI is InChI=1S/C20H20N2O4S/c1-15-10-11-16(20(23)22(2)14-17-7-6-12-26-17)13-19(15)21-27(24,25)18-8-4-3-5-9-18/h3-13,21H,14H2,1-2H3. The Morgan fingerprint density at radius 2 is 1.81 bits per heavy atom. The Morgan fingerprint density at radius 3 is 2.48 bits per heavy atom. The number of nitrogens with one attached hydrogen (secondary N) is 1. The smallest absolute Gasteiger partial charge is 0.261 e. The third-order valence-electron chi connectivity index (χ3n) is 4.10. The highest BCUT2D eigenvalue weighted by molar-refractivity contribution is 7.92. The lowest BCUT2D eigenvalue weighted by Crippen LogP contribution is -2.26. The first-order valence-corrected chi connectivity index (χ1v) is 9.81. The normalized spacial score (nSPS) is 11.2. The molecule has 1 N–H and O–H groups in total. The molecule has 1 amide bonds. The van der Waals surface area contributed by atoms with Gasteiger partial charge < -0.3 is 9.32 Å². The van der Waals surface area contributed by atoms with Crippen molar-refractivity contribution < 1.29 is 17.6 Å². The average Bonchev–Trinajstić information content (AvgIpc) is 3.16. The molecule has 27 heavy (non-hydrogen) atoms. The fraction of sp³-hybridized carbons (Fsp3) is 0.150. The van der Waals surface area contributed by atoms with Crippen LogP contribution < -0.4 is 4.72 Å². The molecule has 1 aromatic heterocycles. The number of benzene rings is 2. The summed E-state index contributed by atoms with van der Waals surface area (Å²) in [6.07, 6.45) is 1.55. The first kappa shape index (κ1) is 18.7. The number of rotatable bonds is 6. The van der Waals surface area contributed by atoms with Gasteiger partial charge in [0.15, 0.2) is 0 Å². The zero-order chi connectivity index (χ0) is 19.4. The van der Waals surface area contributed by atoms with Crippen LogP contribution in [0.25, 0.3) is 0 Å². The van der Waals surface area contributed by atoms with Crippen LogP contribution in [0, 0.1) is 6.92 Å². The van der Waals surface area contributed by atoms with Crippen molar-refractivity contribution in [1.82, 2.24) is 4.90 Å². The maximum atomic E-state index is 12.7. The number of furan rings is 1. The van der Waals surface area contributed by atoms with Crippen molar-refractivity contribution in [2.45, 2.75) is 18.4 Å². The van der Waals surface area contributed by atoms with Gasteiger partial charge in [-0.2, -0.15) is 0 Å². The van der Waals surface area contributed by atoms with Gasteiger partial charge in [0.1, 0.15) is 5.76 Å². The van der Waals surface area contributed by atoms with Crippen LogP contribution in [0.4, 0.5) is 5.69 Å². The van der Waals surface area contributed by atoms with Gasteiger partial charge in [0.25, 0.3) is 15.9 Å². The van der Waals surface area contributed by atoms with E-state index in [1.54, 1.807) is 68.8 Å². The first-order chi connectivity index (χ1) is 12.9. The van der Waals surface area contributed by atoms with Crippen LogP contribution in [-0.2, 0) is 16.6 Å². The molecule has 3 rings (SSSR count). The quantitative estimate of drug-likeness (QED) is 0.703. The highest BCUT2D eigenvalue weighted by atomic mass is 32.2. The topological polar surface area (TPSA) is 79.6 Å². The molecule has 7 heteroatoms. The van der Waals surface area contributed by atoms with Crippen LogP contribution in [0.15, 0.2) is 76.2 Å². The summed E-state index contributed by atoms with van der Waals surface area (Å²) in [6.45, 7) is 2.11. The van der Waals surface area contributed by atoms with Gasteiger partial charge in [-0.05, 0) is 48.9 Å². The predicted molar refractivity (Wildman–Crippen MR) is 103 cm³/mol. The largest absolute Gasteiger partial charge is 0.467 e.